The molecule has 0 radical (unpaired) electrons. The van der Waals surface area contributed by atoms with Gasteiger partial charge in [0.2, 0.25) is 11.8 Å². The van der Waals surface area contributed by atoms with Crippen molar-refractivity contribution in [3.05, 3.63) is 71.4 Å². The third-order valence-corrected chi connectivity index (χ3v) is 5.76. The predicted octanol–water partition coefficient (Wildman–Crippen LogP) is 2.51. The number of fused-ring (bicyclic) bond motifs is 4. The maximum absolute atomic E-state index is 13.1. The van der Waals surface area contributed by atoms with Crippen LogP contribution in [-0.2, 0) is 29.0 Å². The van der Waals surface area contributed by atoms with E-state index in [2.05, 4.69) is 23.2 Å². The third-order valence-electron chi connectivity index (χ3n) is 5.76. The number of aromatic nitrogens is 1. The van der Waals surface area contributed by atoms with E-state index in [1.807, 2.05) is 36.4 Å². The Bertz CT molecular complexity index is 1020. The zero-order valence-electron chi connectivity index (χ0n) is 15.0. The number of amides is 2. The van der Waals surface area contributed by atoms with E-state index >= 15 is 0 Å². The lowest BCUT2D eigenvalue weighted by Crippen LogP contribution is -2.61. The van der Waals surface area contributed by atoms with Crippen molar-refractivity contribution in [1.29, 1.82) is 0 Å². The quantitative estimate of drug-likeness (QED) is 0.781. The molecule has 2 aliphatic heterocycles. The first-order chi connectivity index (χ1) is 13.2. The number of rotatable bonds is 3. The van der Waals surface area contributed by atoms with Gasteiger partial charge >= 0.3 is 0 Å². The largest absolute Gasteiger partial charge is 0.357 e. The van der Waals surface area contributed by atoms with Crippen LogP contribution in [0, 0.1) is 0 Å². The molecule has 0 spiro atoms. The summed E-state index contributed by atoms with van der Waals surface area (Å²) in [5.74, 6) is 0.110. The Kier molecular flexibility index (Phi) is 3.74. The third kappa shape index (κ3) is 2.70. The maximum atomic E-state index is 13.1. The lowest BCUT2D eigenvalue weighted by molar-refractivity contribution is -0.157. The van der Waals surface area contributed by atoms with Crippen LogP contribution in [0.25, 0.3) is 10.9 Å². The van der Waals surface area contributed by atoms with Crippen LogP contribution < -0.4 is 0 Å². The summed E-state index contributed by atoms with van der Waals surface area (Å²) in [4.78, 5) is 32.8. The summed E-state index contributed by atoms with van der Waals surface area (Å²) in [5, 5.41) is 1.16. The molecule has 136 valence electrons. The summed E-state index contributed by atoms with van der Waals surface area (Å²) in [6.07, 6.45) is 1.36. The van der Waals surface area contributed by atoms with Crippen molar-refractivity contribution in [2.24, 2.45) is 0 Å². The van der Waals surface area contributed by atoms with Gasteiger partial charge in [0.1, 0.15) is 6.04 Å². The van der Waals surface area contributed by atoms with Gasteiger partial charge < -0.3 is 14.8 Å². The molecule has 5 nitrogen and oxygen atoms in total. The van der Waals surface area contributed by atoms with E-state index in [9.17, 15) is 9.59 Å². The van der Waals surface area contributed by atoms with Crippen LogP contribution in [0.3, 0.4) is 0 Å². The molecule has 5 rings (SSSR count). The molecule has 2 aliphatic rings. The topological polar surface area (TPSA) is 56.4 Å². The van der Waals surface area contributed by atoms with E-state index in [-0.39, 0.29) is 24.4 Å². The van der Waals surface area contributed by atoms with Crippen molar-refractivity contribution in [1.82, 2.24) is 14.8 Å². The highest BCUT2D eigenvalue weighted by molar-refractivity contribution is 5.96. The summed E-state index contributed by atoms with van der Waals surface area (Å²) in [6, 6.07) is 17.9. The molecule has 1 saturated heterocycles. The highest BCUT2D eigenvalue weighted by Gasteiger charge is 2.42. The van der Waals surface area contributed by atoms with E-state index in [0.29, 0.717) is 19.5 Å². The number of aromatic amines is 1. The monoisotopic (exact) mass is 359 g/mol. The van der Waals surface area contributed by atoms with Crippen molar-refractivity contribution in [3.63, 3.8) is 0 Å². The van der Waals surface area contributed by atoms with Gasteiger partial charge in [0.15, 0.2) is 0 Å². The number of carbonyl (C=O) groups is 2. The summed E-state index contributed by atoms with van der Waals surface area (Å²) in [6.45, 7) is 1.25. The Morgan fingerprint density at radius 1 is 0.963 bits per heavy atom. The molecule has 1 atom stereocenters. The van der Waals surface area contributed by atoms with E-state index in [0.717, 1.165) is 23.0 Å². The SMILES string of the molecule is O=C1[C@@H]2Cc3c([nH]c4ccccc34)CN2C(=O)CN1CCc1ccccc1. The molecule has 0 unspecified atom stereocenters. The average molecular weight is 359 g/mol. The van der Waals surface area contributed by atoms with Crippen molar-refractivity contribution in [3.8, 4) is 0 Å². The molecule has 0 bridgehead atoms. The number of piperazine rings is 1. The van der Waals surface area contributed by atoms with E-state index in [1.54, 1.807) is 9.80 Å². The number of para-hydroxylation sites is 1. The molecule has 27 heavy (non-hydrogen) atoms. The van der Waals surface area contributed by atoms with E-state index < -0.39 is 0 Å². The smallest absolute Gasteiger partial charge is 0.246 e. The van der Waals surface area contributed by atoms with Crippen LogP contribution in [0.2, 0.25) is 0 Å². The van der Waals surface area contributed by atoms with Gasteiger partial charge in [-0.1, -0.05) is 48.5 Å². The van der Waals surface area contributed by atoms with E-state index in [4.69, 9.17) is 0 Å². The molecule has 1 fully saturated rings. The number of hydrogen-bond acceptors (Lipinski definition) is 2. The van der Waals surface area contributed by atoms with Crippen LogP contribution >= 0.6 is 0 Å². The minimum atomic E-state index is -0.381. The normalized spacial score (nSPS) is 19.3. The highest BCUT2D eigenvalue weighted by Crippen LogP contribution is 2.32. The van der Waals surface area contributed by atoms with Gasteiger partial charge in [-0.25, -0.2) is 0 Å². The van der Waals surface area contributed by atoms with Gasteiger partial charge in [-0.15, -0.1) is 0 Å². The summed E-state index contributed by atoms with van der Waals surface area (Å²) in [5.41, 5.74) is 4.50. The Balaban J connectivity index is 1.40. The molecule has 1 aromatic heterocycles. The molecule has 3 aromatic rings. The number of benzene rings is 2. The molecule has 0 saturated carbocycles. The molecule has 2 aromatic carbocycles. The van der Waals surface area contributed by atoms with Gasteiger partial charge in [0, 0.05) is 29.6 Å². The zero-order chi connectivity index (χ0) is 18.4. The van der Waals surface area contributed by atoms with Crippen LogP contribution in [0.1, 0.15) is 16.8 Å². The molecule has 3 heterocycles. The second-order valence-electron chi connectivity index (χ2n) is 7.36. The first-order valence-corrected chi connectivity index (χ1v) is 9.41. The first-order valence-electron chi connectivity index (χ1n) is 9.41. The number of carbonyl (C=O) groups excluding carboxylic acids is 2. The molecule has 5 heteroatoms. The fourth-order valence-electron chi connectivity index (χ4n) is 4.33. The van der Waals surface area contributed by atoms with Gasteiger partial charge in [-0.05, 0) is 23.6 Å². The van der Waals surface area contributed by atoms with Crippen LogP contribution in [0.15, 0.2) is 54.6 Å². The van der Waals surface area contributed by atoms with Crippen LogP contribution in [0.5, 0.6) is 0 Å². The Morgan fingerprint density at radius 2 is 1.74 bits per heavy atom. The van der Waals surface area contributed by atoms with Gasteiger partial charge in [0.05, 0.1) is 13.1 Å². The molecular formula is C22H21N3O2. The summed E-state index contributed by atoms with van der Waals surface area (Å²) < 4.78 is 0. The van der Waals surface area contributed by atoms with Gasteiger partial charge in [-0.2, -0.15) is 0 Å². The second kappa shape index (κ2) is 6.27. The second-order valence-corrected chi connectivity index (χ2v) is 7.36. The van der Waals surface area contributed by atoms with Gasteiger partial charge in [0.25, 0.3) is 0 Å². The lowest BCUT2D eigenvalue weighted by Gasteiger charge is -2.42. The number of nitrogens with one attached hydrogen (secondary N) is 1. The Labute approximate surface area is 157 Å². The maximum Gasteiger partial charge on any atom is 0.246 e. The first kappa shape index (κ1) is 16.1. The molecule has 0 aliphatic carbocycles. The lowest BCUT2D eigenvalue weighted by atomic mass is 9.94. The average Bonchev–Trinajstić information content (AvgIpc) is 3.07. The fraction of sp³-hybridized carbons (Fsp3) is 0.273. The van der Waals surface area contributed by atoms with Crippen molar-refractivity contribution in [2.45, 2.75) is 25.4 Å². The van der Waals surface area contributed by atoms with Crippen molar-refractivity contribution in [2.75, 3.05) is 13.1 Å². The molecular weight excluding hydrogens is 338 g/mol. The molecule has 1 N–H and O–H groups in total. The predicted molar refractivity (Wildman–Crippen MR) is 103 cm³/mol. The zero-order valence-corrected chi connectivity index (χ0v) is 15.0. The minimum absolute atomic E-state index is 0.0389. The summed E-state index contributed by atoms with van der Waals surface area (Å²) >= 11 is 0. The highest BCUT2D eigenvalue weighted by atomic mass is 16.2. The van der Waals surface area contributed by atoms with Crippen LogP contribution in [0.4, 0.5) is 0 Å². The van der Waals surface area contributed by atoms with Crippen molar-refractivity contribution >= 4 is 22.7 Å². The Morgan fingerprint density at radius 3 is 2.59 bits per heavy atom. The minimum Gasteiger partial charge on any atom is -0.357 e. The number of hydrogen-bond donors (Lipinski definition) is 1. The number of H-pyrrole nitrogens is 1. The Hall–Kier alpha value is -3.08. The molecule has 2 amide bonds. The van der Waals surface area contributed by atoms with Crippen LogP contribution in [-0.4, -0.2) is 45.7 Å². The standard InChI is InChI=1S/C22H21N3O2/c26-21-14-24(11-10-15-6-2-1-3-7-15)22(27)20-12-17-16-8-4-5-9-18(16)23-19(17)13-25(20)21/h1-9,20,23H,10-14H2/t20-/m0/s1. The summed E-state index contributed by atoms with van der Waals surface area (Å²) in [7, 11) is 0. The fourth-order valence-corrected chi connectivity index (χ4v) is 4.33. The van der Waals surface area contributed by atoms with E-state index in [1.165, 1.54) is 11.1 Å². The van der Waals surface area contributed by atoms with Crippen molar-refractivity contribution < 1.29 is 9.59 Å². The van der Waals surface area contributed by atoms with Gasteiger partial charge in [-0.3, -0.25) is 9.59 Å². The number of nitrogens with zero attached hydrogens (tertiary/aromatic N) is 2.